The Morgan fingerprint density at radius 3 is 2.96 bits per heavy atom. The first-order valence-corrected chi connectivity index (χ1v) is 10.6. The summed E-state index contributed by atoms with van der Waals surface area (Å²) in [5, 5.41) is 7.53. The van der Waals surface area contributed by atoms with Gasteiger partial charge in [0.15, 0.2) is 5.16 Å². The van der Waals surface area contributed by atoms with Gasteiger partial charge in [-0.15, -0.1) is 0 Å². The van der Waals surface area contributed by atoms with Gasteiger partial charge in [-0.3, -0.25) is 19.5 Å². The predicted octanol–water partition coefficient (Wildman–Crippen LogP) is 2.64. The average Bonchev–Trinajstić information content (AvgIpc) is 3.18. The van der Waals surface area contributed by atoms with Crippen LogP contribution in [-0.4, -0.2) is 26.4 Å². The summed E-state index contributed by atoms with van der Waals surface area (Å²) in [5.74, 6) is 2.18. The summed E-state index contributed by atoms with van der Waals surface area (Å²) in [5.41, 5.74) is 2.36. The Bertz CT molecular complexity index is 929. The van der Waals surface area contributed by atoms with Crippen molar-refractivity contribution in [1.82, 2.24) is 14.7 Å². The molecule has 2 aromatic heterocycles. The quantitative estimate of drug-likeness (QED) is 0.786. The Labute approximate surface area is 159 Å². The van der Waals surface area contributed by atoms with Crippen molar-refractivity contribution >= 4 is 35.3 Å². The highest BCUT2D eigenvalue weighted by atomic mass is 32.2. The summed E-state index contributed by atoms with van der Waals surface area (Å²) < 4.78 is 6.85. The van der Waals surface area contributed by atoms with E-state index in [1.165, 1.54) is 11.8 Å². The van der Waals surface area contributed by atoms with E-state index in [4.69, 9.17) is 4.52 Å². The van der Waals surface area contributed by atoms with E-state index in [1.54, 1.807) is 22.4 Å². The van der Waals surface area contributed by atoms with Crippen molar-refractivity contribution in [2.24, 2.45) is 5.92 Å². The topological polar surface area (TPSA) is 90.0 Å². The number of fused-ring (bicyclic) bond motifs is 2. The second-order valence-corrected chi connectivity index (χ2v) is 9.52. The van der Waals surface area contributed by atoms with Crippen LogP contribution in [0.2, 0.25) is 0 Å². The second kappa shape index (κ2) is 6.45. The van der Waals surface area contributed by atoms with E-state index < -0.39 is 0 Å². The maximum atomic E-state index is 12.7. The molecule has 26 heavy (non-hydrogen) atoms. The number of nitrogens with one attached hydrogen (secondary N) is 1. The van der Waals surface area contributed by atoms with E-state index in [0.29, 0.717) is 23.3 Å². The molecule has 7 nitrogen and oxygen atoms in total. The Kier molecular flexibility index (Phi) is 4.38. The van der Waals surface area contributed by atoms with Gasteiger partial charge in [0.05, 0.1) is 22.9 Å². The molecular formula is C17H20N4O3S2. The molecule has 0 saturated carbocycles. The van der Waals surface area contributed by atoms with E-state index >= 15 is 0 Å². The zero-order valence-electron chi connectivity index (χ0n) is 14.9. The minimum Gasteiger partial charge on any atom is -0.338 e. The molecule has 0 aliphatic carbocycles. The maximum absolute atomic E-state index is 12.7. The summed E-state index contributed by atoms with van der Waals surface area (Å²) in [4.78, 5) is 29.8. The summed E-state index contributed by atoms with van der Waals surface area (Å²) >= 11 is 3.20. The Morgan fingerprint density at radius 2 is 2.19 bits per heavy atom. The summed E-state index contributed by atoms with van der Waals surface area (Å²) in [6.07, 6.45) is 0. The number of aromatic nitrogens is 3. The number of rotatable bonds is 2. The van der Waals surface area contributed by atoms with E-state index in [9.17, 15) is 9.59 Å². The Hall–Kier alpha value is -1.74. The van der Waals surface area contributed by atoms with Crippen LogP contribution in [0, 0.1) is 5.92 Å². The molecule has 138 valence electrons. The lowest BCUT2D eigenvalue weighted by atomic mass is 9.92. The van der Waals surface area contributed by atoms with Crippen LogP contribution in [-0.2, 0) is 28.3 Å². The second-order valence-electron chi connectivity index (χ2n) is 7.55. The number of nitrogens with zero attached hydrogens (tertiary/aromatic N) is 3. The number of carbonyl (C=O) groups is 1. The normalized spacial score (nSPS) is 19.1. The fourth-order valence-electron chi connectivity index (χ4n) is 2.92. The zero-order chi connectivity index (χ0) is 18.5. The molecule has 2 aliphatic rings. The lowest BCUT2D eigenvalue weighted by molar-refractivity contribution is -0.119. The van der Waals surface area contributed by atoms with Crippen LogP contribution < -0.4 is 10.9 Å². The molecule has 0 bridgehead atoms. The van der Waals surface area contributed by atoms with Crippen molar-refractivity contribution in [2.75, 3.05) is 11.1 Å². The third-order valence-corrected chi connectivity index (χ3v) is 6.63. The fraction of sp³-hybridized carbons (Fsp3) is 0.529. The lowest BCUT2D eigenvalue weighted by Crippen LogP contribution is -2.37. The smallest absolute Gasteiger partial charge is 0.254 e. The van der Waals surface area contributed by atoms with Crippen LogP contribution in [0.15, 0.2) is 20.5 Å². The number of anilines is 1. The standard InChI is InChI=1S/C17H20N4O3S2/c1-17(2,3)12-4-13(22)21-5-9(6-26-16(21)18-12)14(23)19-15-10-7-25-8-11(10)20-24-15/h4,9H,5-8H2,1-3H3,(H,19,23). The first-order valence-electron chi connectivity index (χ1n) is 8.44. The largest absolute Gasteiger partial charge is 0.338 e. The van der Waals surface area contributed by atoms with Crippen LogP contribution in [0.3, 0.4) is 0 Å². The molecule has 1 amide bonds. The van der Waals surface area contributed by atoms with Crippen molar-refractivity contribution in [1.29, 1.82) is 0 Å². The van der Waals surface area contributed by atoms with Crippen LogP contribution in [0.25, 0.3) is 0 Å². The SMILES string of the molecule is CC(C)(C)c1cc(=O)n2c(n1)SCC(C(=O)Nc1onc3c1CSC3)C2. The average molecular weight is 393 g/mol. The molecule has 4 rings (SSSR count). The number of amides is 1. The van der Waals surface area contributed by atoms with Gasteiger partial charge in [0.25, 0.3) is 5.56 Å². The monoisotopic (exact) mass is 392 g/mol. The Morgan fingerprint density at radius 1 is 1.38 bits per heavy atom. The lowest BCUT2D eigenvalue weighted by Gasteiger charge is -2.26. The molecule has 0 radical (unpaired) electrons. The van der Waals surface area contributed by atoms with Gasteiger partial charge in [0.1, 0.15) is 0 Å². The third-order valence-electron chi connectivity index (χ3n) is 4.52. The van der Waals surface area contributed by atoms with Crippen molar-refractivity contribution in [3.63, 3.8) is 0 Å². The zero-order valence-corrected chi connectivity index (χ0v) is 16.5. The van der Waals surface area contributed by atoms with Gasteiger partial charge in [-0.25, -0.2) is 4.98 Å². The molecule has 0 aromatic carbocycles. The molecule has 1 atom stereocenters. The number of carbonyl (C=O) groups excluding carboxylic acids is 1. The number of hydrogen-bond donors (Lipinski definition) is 1. The van der Waals surface area contributed by atoms with Crippen molar-refractivity contribution < 1.29 is 9.32 Å². The first-order chi connectivity index (χ1) is 12.3. The van der Waals surface area contributed by atoms with E-state index in [1.807, 2.05) is 20.8 Å². The molecule has 2 aromatic rings. The highest BCUT2D eigenvalue weighted by Gasteiger charge is 2.30. The predicted molar refractivity (Wildman–Crippen MR) is 102 cm³/mol. The summed E-state index contributed by atoms with van der Waals surface area (Å²) in [6.45, 7) is 6.42. The van der Waals surface area contributed by atoms with E-state index in [2.05, 4.69) is 15.5 Å². The molecular weight excluding hydrogens is 372 g/mol. The van der Waals surface area contributed by atoms with Gasteiger partial charge in [-0.05, 0) is 0 Å². The minimum atomic E-state index is -0.317. The van der Waals surface area contributed by atoms with Gasteiger partial charge in [0, 0.05) is 35.3 Å². The summed E-state index contributed by atoms with van der Waals surface area (Å²) in [6, 6.07) is 1.57. The highest BCUT2D eigenvalue weighted by Crippen LogP contribution is 2.35. The van der Waals surface area contributed by atoms with Gasteiger partial charge < -0.3 is 4.52 Å². The van der Waals surface area contributed by atoms with Gasteiger partial charge in [0.2, 0.25) is 11.8 Å². The molecule has 0 spiro atoms. The van der Waals surface area contributed by atoms with E-state index in [-0.39, 0.29) is 22.8 Å². The molecule has 0 saturated heterocycles. The van der Waals surface area contributed by atoms with Crippen LogP contribution >= 0.6 is 23.5 Å². The molecule has 9 heteroatoms. The molecule has 4 heterocycles. The van der Waals surface area contributed by atoms with Crippen molar-refractivity contribution in [3.8, 4) is 0 Å². The van der Waals surface area contributed by atoms with E-state index in [0.717, 1.165) is 28.5 Å². The van der Waals surface area contributed by atoms with Crippen LogP contribution in [0.5, 0.6) is 0 Å². The van der Waals surface area contributed by atoms with Gasteiger partial charge in [-0.2, -0.15) is 11.8 Å². The molecule has 1 unspecified atom stereocenters. The van der Waals surface area contributed by atoms with Crippen LogP contribution in [0.4, 0.5) is 5.88 Å². The fourth-order valence-corrected chi connectivity index (χ4v) is 5.03. The first kappa shape index (κ1) is 17.7. The summed E-state index contributed by atoms with van der Waals surface area (Å²) in [7, 11) is 0. The maximum Gasteiger partial charge on any atom is 0.254 e. The van der Waals surface area contributed by atoms with Gasteiger partial charge >= 0.3 is 0 Å². The third kappa shape index (κ3) is 3.18. The van der Waals surface area contributed by atoms with Gasteiger partial charge in [-0.1, -0.05) is 37.7 Å². The molecule has 2 aliphatic heterocycles. The van der Waals surface area contributed by atoms with Crippen molar-refractivity contribution in [3.05, 3.63) is 33.4 Å². The Balaban J connectivity index is 1.53. The number of thioether (sulfide) groups is 2. The van der Waals surface area contributed by atoms with Crippen molar-refractivity contribution in [2.45, 2.75) is 49.4 Å². The number of hydrogen-bond acceptors (Lipinski definition) is 7. The highest BCUT2D eigenvalue weighted by molar-refractivity contribution is 7.99. The minimum absolute atomic E-state index is 0.109. The van der Waals surface area contributed by atoms with Crippen LogP contribution in [0.1, 0.15) is 37.7 Å². The molecule has 1 N–H and O–H groups in total. The molecule has 0 fully saturated rings.